The molecule has 0 saturated carbocycles. The van der Waals surface area contributed by atoms with Gasteiger partial charge in [-0.3, -0.25) is 14.4 Å². The average Bonchev–Trinajstić information content (AvgIpc) is 2.60. The van der Waals surface area contributed by atoms with Crippen LogP contribution in [-0.2, 0) is 16.4 Å². The van der Waals surface area contributed by atoms with Crippen molar-refractivity contribution >= 4 is 21.4 Å². The van der Waals surface area contributed by atoms with Gasteiger partial charge >= 0.3 is 0 Å². The highest BCUT2D eigenvalue weighted by Gasteiger charge is 2.38. The second kappa shape index (κ2) is 6.21. The number of rotatable bonds is 4. The number of nitrogens with two attached hydrogens (primary N) is 1. The van der Waals surface area contributed by atoms with Crippen LogP contribution in [0.5, 0.6) is 0 Å². The van der Waals surface area contributed by atoms with Gasteiger partial charge in [0.1, 0.15) is 0 Å². The molecule has 126 valence electrons. The van der Waals surface area contributed by atoms with Crippen molar-refractivity contribution < 1.29 is 13.3 Å². The molecule has 1 aliphatic heterocycles. The number of anilines is 1. The van der Waals surface area contributed by atoms with Crippen LogP contribution in [-0.4, -0.2) is 25.9 Å². The van der Waals surface area contributed by atoms with E-state index in [1.54, 1.807) is 12.1 Å². The minimum absolute atomic E-state index is 0.147. The first-order valence-corrected chi connectivity index (χ1v) is 8.96. The van der Waals surface area contributed by atoms with Crippen LogP contribution in [0.1, 0.15) is 12.0 Å². The summed E-state index contributed by atoms with van der Waals surface area (Å²) in [4.78, 5) is 10.3. The Morgan fingerprint density at radius 1 is 1.17 bits per heavy atom. The van der Waals surface area contributed by atoms with Crippen LogP contribution in [0.25, 0.3) is 0 Å². The van der Waals surface area contributed by atoms with Crippen LogP contribution in [0.2, 0.25) is 0 Å². The number of para-hydroxylation sites is 2. The maximum Gasteiger partial charge on any atom is 0.289 e. The molecule has 0 spiro atoms. The van der Waals surface area contributed by atoms with Crippen molar-refractivity contribution in [1.82, 2.24) is 0 Å². The van der Waals surface area contributed by atoms with E-state index in [9.17, 15) is 18.5 Å². The maximum atomic E-state index is 13.2. The van der Waals surface area contributed by atoms with Gasteiger partial charge in [0.2, 0.25) is 0 Å². The van der Waals surface area contributed by atoms with Crippen molar-refractivity contribution in [3.8, 4) is 0 Å². The lowest BCUT2D eigenvalue weighted by Gasteiger charge is -2.37. The summed E-state index contributed by atoms with van der Waals surface area (Å²) in [5, 5.41) is 11.2. The molecular weight excluding hydrogens is 330 g/mol. The number of benzene rings is 2. The Morgan fingerprint density at radius 3 is 2.54 bits per heavy atom. The molecule has 0 radical (unpaired) electrons. The zero-order chi connectivity index (χ0) is 17.3. The summed E-state index contributed by atoms with van der Waals surface area (Å²) in [5.74, 6) is 0. The van der Waals surface area contributed by atoms with Gasteiger partial charge in [-0.05, 0) is 30.5 Å². The normalized spacial score (nSPS) is 17.4. The zero-order valence-corrected chi connectivity index (χ0v) is 13.6. The summed E-state index contributed by atoms with van der Waals surface area (Å²) in [5.41, 5.74) is 6.78. The van der Waals surface area contributed by atoms with E-state index in [0.717, 1.165) is 12.0 Å². The van der Waals surface area contributed by atoms with Gasteiger partial charge in [0, 0.05) is 12.6 Å². The molecule has 24 heavy (non-hydrogen) atoms. The highest BCUT2D eigenvalue weighted by Crippen LogP contribution is 2.37. The van der Waals surface area contributed by atoms with E-state index in [0.29, 0.717) is 12.1 Å². The van der Waals surface area contributed by atoms with Gasteiger partial charge in [-0.2, -0.15) is 0 Å². The lowest BCUT2D eigenvalue weighted by atomic mass is 9.98. The predicted octanol–water partition coefficient (Wildman–Crippen LogP) is 2.06. The number of hydrogen-bond acceptors (Lipinski definition) is 5. The standard InChI is InChI=1S/C16H17N3O4S/c17-11-13-10-9-12-5-1-2-6-14(12)18(13)24(22,23)16-8-4-3-7-15(16)19(20)21/h1-8,13H,9-11,17H2. The van der Waals surface area contributed by atoms with Gasteiger partial charge in [0.05, 0.1) is 16.7 Å². The third-order valence-corrected chi connectivity index (χ3v) is 6.09. The molecule has 3 rings (SSSR count). The van der Waals surface area contributed by atoms with Crippen molar-refractivity contribution in [3.05, 3.63) is 64.2 Å². The summed E-state index contributed by atoms with van der Waals surface area (Å²) >= 11 is 0. The third-order valence-electron chi connectivity index (χ3n) is 4.18. The number of nitro benzene ring substituents is 1. The number of fused-ring (bicyclic) bond motifs is 1. The Bertz CT molecular complexity index is 882. The van der Waals surface area contributed by atoms with Crippen LogP contribution in [0.3, 0.4) is 0 Å². The van der Waals surface area contributed by atoms with Gasteiger partial charge in [-0.25, -0.2) is 8.42 Å². The molecule has 7 nitrogen and oxygen atoms in total. The Balaban J connectivity index is 2.21. The number of sulfonamides is 1. The molecule has 2 N–H and O–H groups in total. The fourth-order valence-electron chi connectivity index (χ4n) is 3.04. The molecule has 0 fully saturated rings. The molecule has 1 unspecified atom stereocenters. The highest BCUT2D eigenvalue weighted by molar-refractivity contribution is 7.93. The number of nitro groups is 1. The third kappa shape index (κ3) is 2.63. The topological polar surface area (TPSA) is 107 Å². The first kappa shape index (κ1) is 16.4. The van der Waals surface area contributed by atoms with Crippen LogP contribution in [0, 0.1) is 10.1 Å². The monoisotopic (exact) mass is 347 g/mol. The van der Waals surface area contributed by atoms with E-state index < -0.39 is 26.7 Å². The fraction of sp³-hybridized carbons (Fsp3) is 0.250. The molecule has 0 aromatic heterocycles. The molecule has 1 heterocycles. The first-order valence-electron chi connectivity index (χ1n) is 7.52. The molecule has 0 saturated heterocycles. The number of hydrogen-bond donors (Lipinski definition) is 1. The van der Waals surface area contributed by atoms with E-state index in [-0.39, 0.29) is 11.4 Å². The SMILES string of the molecule is NCC1CCc2ccccc2N1S(=O)(=O)c1ccccc1[N+](=O)[O-]. The second-order valence-corrected chi connectivity index (χ2v) is 7.37. The Kier molecular flexibility index (Phi) is 4.25. The van der Waals surface area contributed by atoms with Crippen molar-refractivity contribution in [2.45, 2.75) is 23.8 Å². The van der Waals surface area contributed by atoms with Crippen molar-refractivity contribution in [3.63, 3.8) is 0 Å². The Morgan fingerprint density at radius 2 is 1.83 bits per heavy atom. The molecule has 0 aliphatic carbocycles. The summed E-state index contributed by atoms with van der Waals surface area (Å²) in [6, 6.07) is 12.1. The van der Waals surface area contributed by atoms with Gasteiger partial charge in [0.25, 0.3) is 15.7 Å². The van der Waals surface area contributed by atoms with Crippen LogP contribution in [0.15, 0.2) is 53.4 Å². The Labute approximate surface area is 139 Å². The summed E-state index contributed by atoms with van der Waals surface area (Å²) < 4.78 is 27.7. The number of nitrogens with zero attached hydrogens (tertiary/aromatic N) is 2. The molecule has 1 atom stereocenters. The predicted molar refractivity (Wildman–Crippen MR) is 90.4 cm³/mol. The minimum Gasteiger partial charge on any atom is -0.328 e. The first-order chi connectivity index (χ1) is 11.5. The minimum atomic E-state index is -4.10. The highest BCUT2D eigenvalue weighted by atomic mass is 32.2. The van der Waals surface area contributed by atoms with Gasteiger partial charge in [-0.1, -0.05) is 30.3 Å². The van der Waals surface area contributed by atoms with Crippen LogP contribution < -0.4 is 10.0 Å². The van der Waals surface area contributed by atoms with E-state index in [1.807, 2.05) is 12.1 Å². The van der Waals surface area contributed by atoms with Crippen molar-refractivity contribution in [2.24, 2.45) is 5.73 Å². The number of aryl methyl sites for hydroxylation is 1. The largest absolute Gasteiger partial charge is 0.328 e. The molecule has 1 aliphatic rings. The van der Waals surface area contributed by atoms with Gasteiger partial charge in [-0.15, -0.1) is 0 Å². The van der Waals surface area contributed by atoms with E-state index in [1.165, 1.54) is 28.6 Å². The molecule has 0 bridgehead atoms. The average molecular weight is 347 g/mol. The molecular formula is C16H17N3O4S. The molecule has 0 amide bonds. The fourth-order valence-corrected chi connectivity index (χ4v) is 4.94. The maximum absolute atomic E-state index is 13.2. The molecule has 8 heteroatoms. The molecule has 2 aromatic carbocycles. The van der Waals surface area contributed by atoms with Crippen LogP contribution >= 0.6 is 0 Å². The van der Waals surface area contributed by atoms with Crippen LogP contribution in [0.4, 0.5) is 11.4 Å². The second-order valence-electron chi connectivity index (χ2n) is 5.58. The van der Waals surface area contributed by atoms with Crippen molar-refractivity contribution in [1.29, 1.82) is 0 Å². The van der Waals surface area contributed by atoms with E-state index >= 15 is 0 Å². The molecule has 2 aromatic rings. The summed E-state index contributed by atoms with van der Waals surface area (Å²) in [7, 11) is -4.10. The zero-order valence-electron chi connectivity index (χ0n) is 12.8. The summed E-state index contributed by atoms with van der Waals surface area (Å²) in [6.45, 7) is 0.147. The van der Waals surface area contributed by atoms with Gasteiger partial charge in [0.15, 0.2) is 4.90 Å². The Hall–Kier alpha value is -2.45. The summed E-state index contributed by atoms with van der Waals surface area (Å²) in [6.07, 6.45) is 1.30. The smallest absolute Gasteiger partial charge is 0.289 e. The van der Waals surface area contributed by atoms with E-state index in [2.05, 4.69) is 0 Å². The van der Waals surface area contributed by atoms with Gasteiger partial charge < -0.3 is 5.73 Å². The lowest BCUT2D eigenvalue weighted by Crippen LogP contribution is -2.47. The van der Waals surface area contributed by atoms with Crippen molar-refractivity contribution in [2.75, 3.05) is 10.8 Å². The quantitative estimate of drug-likeness (QED) is 0.673. The van der Waals surface area contributed by atoms with E-state index in [4.69, 9.17) is 5.73 Å². The lowest BCUT2D eigenvalue weighted by molar-refractivity contribution is -0.387.